The minimum absolute atomic E-state index is 0.265. The summed E-state index contributed by atoms with van der Waals surface area (Å²) in [5, 5.41) is 2.81. The Balaban J connectivity index is 1.65. The number of piperazine rings is 1. The summed E-state index contributed by atoms with van der Waals surface area (Å²) in [7, 11) is 0. The monoisotopic (exact) mass is 389 g/mol. The maximum absolute atomic E-state index is 12.3. The van der Waals surface area contributed by atoms with Crippen molar-refractivity contribution in [3.63, 3.8) is 0 Å². The average molecular weight is 390 g/mol. The van der Waals surface area contributed by atoms with Gasteiger partial charge in [0.15, 0.2) is 0 Å². The number of para-hydroxylation sites is 1. The number of hydrogen-bond donors (Lipinski definition) is 1. The summed E-state index contributed by atoms with van der Waals surface area (Å²) in [5.41, 5.74) is 1.08. The number of benzene rings is 1. The van der Waals surface area contributed by atoms with Crippen LogP contribution in [0, 0.1) is 0 Å². The van der Waals surface area contributed by atoms with Gasteiger partial charge in [-0.05, 0) is 28.1 Å². The van der Waals surface area contributed by atoms with Crippen LogP contribution in [0.25, 0.3) is 0 Å². The second-order valence-electron chi connectivity index (χ2n) is 5.33. The third-order valence-corrected chi connectivity index (χ3v) is 4.46. The van der Waals surface area contributed by atoms with Crippen LogP contribution in [0.4, 0.5) is 11.6 Å². The Labute approximate surface area is 147 Å². The molecule has 0 unspecified atom stereocenters. The Hall–Kier alpha value is -2.48. The molecule has 0 radical (unpaired) electrons. The highest BCUT2D eigenvalue weighted by Gasteiger charge is 2.18. The number of aromatic nitrogens is 2. The Morgan fingerprint density at radius 2 is 1.79 bits per heavy atom. The van der Waals surface area contributed by atoms with Gasteiger partial charge in [-0.15, -0.1) is 0 Å². The number of anilines is 2. The molecule has 1 fully saturated rings. The van der Waals surface area contributed by atoms with Gasteiger partial charge in [-0.25, -0.2) is 9.97 Å². The van der Waals surface area contributed by atoms with Crippen molar-refractivity contribution in [3.05, 3.63) is 46.7 Å². The van der Waals surface area contributed by atoms with Gasteiger partial charge in [0.1, 0.15) is 0 Å². The molecule has 1 aromatic carbocycles. The van der Waals surface area contributed by atoms with Crippen LogP contribution >= 0.6 is 15.9 Å². The van der Waals surface area contributed by atoms with Crippen LogP contribution in [0.5, 0.6) is 0 Å². The molecule has 1 aromatic heterocycles. The van der Waals surface area contributed by atoms with Crippen molar-refractivity contribution in [2.75, 3.05) is 36.4 Å². The van der Waals surface area contributed by atoms with E-state index in [9.17, 15) is 9.59 Å². The number of nitrogens with zero attached hydrogens (tertiary/aromatic N) is 4. The van der Waals surface area contributed by atoms with Crippen molar-refractivity contribution >= 4 is 39.9 Å². The van der Waals surface area contributed by atoms with Gasteiger partial charge in [0.2, 0.25) is 12.4 Å². The Morgan fingerprint density at radius 3 is 2.42 bits per heavy atom. The van der Waals surface area contributed by atoms with Crippen LogP contribution in [0.3, 0.4) is 0 Å². The lowest BCUT2D eigenvalue weighted by atomic mass is 10.3. The van der Waals surface area contributed by atoms with Crippen molar-refractivity contribution in [1.82, 2.24) is 14.9 Å². The summed E-state index contributed by atoms with van der Waals surface area (Å²) in [6.07, 6.45) is 3.88. The molecule has 0 atom stereocenters. The summed E-state index contributed by atoms with van der Waals surface area (Å²) in [6, 6.07) is 7.39. The molecule has 2 aromatic rings. The van der Waals surface area contributed by atoms with E-state index in [4.69, 9.17) is 0 Å². The molecule has 1 aliphatic heterocycles. The van der Waals surface area contributed by atoms with Gasteiger partial charge < -0.3 is 15.1 Å². The molecule has 2 heterocycles. The molecular formula is C16H16BrN5O2. The Kier molecular flexibility index (Phi) is 5.05. The zero-order valence-corrected chi connectivity index (χ0v) is 14.4. The average Bonchev–Trinajstić information content (AvgIpc) is 2.64. The van der Waals surface area contributed by atoms with E-state index in [2.05, 4.69) is 31.2 Å². The SMILES string of the molecule is O=CN1CCN(c2ncc(C(=O)Nc3ccccc3Br)cn2)CC1. The molecule has 3 rings (SSSR count). The second kappa shape index (κ2) is 7.39. The minimum Gasteiger partial charge on any atom is -0.342 e. The summed E-state index contributed by atoms with van der Waals surface area (Å²) in [5.74, 6) is 0.303. The molecule has 8 heteroatoms. The predicted molar refractivity (Wildman–Crippen MR) is 94.0 cm³/mol. The fourth-order valence-corrected chi connectivity index (χ4v) is 2.77. The van der Waals surface area contributed by atoms with Crippen LogP contribution in [0.2, 0.25) is 0 Å². The maximum atomic E-state index is 12.3. The number of hydrogen-bond acceptors (Lipinski definition) is 5. The number of halogens is 1. The molecule has 0 bridgehead atoms. The van der Waals surface area contributed by atoms with E-state index in [-0.39, 0.29) is 5.91 Å². The van der Waals surface area contributed by atoms with Crippen molar-refractivity contribution in [2.45, 2.75) is 0 Å². The van der Waals surface area contributed by atoms with Crippen LogP contribution in [-0.2, 0) is 4.79 Å². The standard InChI is InChI=1S/C16H16BrN5O2/c17-13-3-1-2-4-14(13)20-15(24)12-9-18-16(19-10-12)22-7-5-21(11-23)6-8-22/h1-4,9-11H,5-8H2,(H,20,24). The van der Waals surface area contributed by atoms with E-state index in [0.717, 1.165) is 10.9 Å². The van der Waals surface area contributed by atoms with Gasteiger partial charge in [0, 0.05) is 43.0 Å². The third kappa shape index (κ3) is 3.70. The highest BCUT2D eigenvalue weighted by molar-refractivity contribution is 9.10. The largest absolute Gasteiger partial charge is 0.342 e. The number of carbonyl (C=O) groups is 2. The van der Waals surface area contributed by atoms with Crippen LogP contribution in [0.1, 0.15) is 10.4 Å². The summed E-state index contributed by atoms with van der Waals surface area (Å²) >= 11 is 3.39. The molecular weight excluding hydrogens is 374 g/mol. The minimum atomic E-state index is -0.265. The molecule has 124 valence electrons. The first-order valence-corrected chi connectivity index (χ1v) is 8.29. The first-order valence-electron chi connectivity index (χ1n) is 7.49. The molecule has 1 N–H and O–H groups in total. The van der Waals surface area contributed by atoms with Crippen molar-refractivity contribution in [1.29, 1.82) is 0 Å². The van der Waals surface area contributed by atoms with E-state index in [1.54, 1.807) is 4.90 Å². The first-order chi connectivity index (χ1) is 11.7. The third-order valence-electron chi connectivity index (χ3n) is 3.77. The molecule has 7 nitrogen and oxygen atoms in total. The van der Waals surface area contributed by atoms with Crippen LogP contribution in [-0.4, -0.2) is 53.4 Å². The molecule has 0 aliphatic carbocycles. The van der Waals surface area contributed by atoms with Crippen LogP contribution < -0.4 is 10.2 Å². The van der Waals surface area contributed by atoms with Crippen molar-refractivity contribution in [2.24, 2.45) is 0 Å². The van der Waals surface area contributed by atoms with E-state index in [1.807, 2.05) is 29.2 Å². The molecule has 1 saturated heterocycles. The van der Waals surface area contributed by atoms with Gasteiger partial charge in [0.05, 0.1) is 11.3 Å². The topological polar surface area (TPSA) is 78.4 Å². The molecule has 24 heavy (non-hydrogen) atoms. The lowest BCUT2D eigenvalue weighted by Crippen LogP contribution is -2.46. The van der Waals surface area contributed by atoms with E-state index >= 15 is 0 Å². The number of amides is 2. The Bertz CT molecular complexity index is 730. The second-order valence-corrected chi connectivity index (χ2v) is 6.19. The zero-order chi connectivity index (χ0) is 16.9. The first kappa shape index (κ1) is 16.4. The lowest BCUT2D eigenvalue weighted by Gasteiger charge is -2.32. The van der Waals surface area contributed by atoms with Gasteiger partial charge >= 0.3 is 0 Å². The molecule has 0 spiro atoms. The fraction of sp³-hybridized carbons (Fsp3) is 0.250. The summed E-state index contributed by atoms with van der Waals surface area (Å²) < 4.78 is 0.809. The van der Waals surface area contributed by atoms with Crippen molar-refractivity contribution < 1.29 is 9.59 Å². The summed E-state index contributed by atoms with van der Waals surface area (Å²) in [6.45, 7) is 2.66. The van der Waals surface area contributed by atoms with Gasteiger partial charge in [-0.1, -0.05) is 12.1 Å². The highest BCUT2D eigenvalue weighted by Crippen LogP contribution is 2.21. The fourth-order valence-electron chi connectivity index (χ4n) is 2.39. The molecule has 0 saturated carbocycles. The van der Waals surface area contributed by atoms with Crippen LogP contribution in [0.15, 0.2) is 41.1 Å². The van der Waals surface area contributed by atoms with Gasteiger partial charge in [0.25, 0.3) is 5.91 Å². The lowest BCUT2D eigenvalue weighted by molar-refractivity contribution is -0.118. The smallest absolute Gasteiger partial charge is 0.258 e. The van der Waals surface area contributed by atoms with Gasteiger partial charge in [-0.3, -0.25) is 9.59 Å². The molecule has 2 amide bonds. The molecule has 1 aliphatic rings. The van der Waals surface area contributed by atoms with Crippen molar-refractivity contribution in [3.8, 4) is 0 Å². The van der Waals surface area contributed by atoms with E-state index < -0.39 is 0 Å². The summed E-state index contributed by atoms with van der Waals surface area (Å²) in [4.78, 5) is 35.3. The quantitative estimate of drug-likeness (QED) is 0.806. The highest BCUT2D eigenvalue weighted by atomic mass is 79.9. The predicted octanol–water partition coefficient (Wildman–Crippen LogP) is 1.77. The van der Waals surface area contributed by atoms with Gasteiger partial charge in [-0.2, -0.15) is 0 Å². The maximum Gasteiger partial charge on any atom is 0.258 e. The van der Waals surface area contributed by atoms with E-state index in [0.29, 0.717) is 43.4 Å². The Morgan fingerprint density at radius 1 is 1.12 bits per heavy atom. The van der Waals surface area contributed by atoms with E-state index in [1.165, 1.54) is 12.4 Å². The zero-order valence-electron chi connectivity index (χ0n) is 12.9. The number of nitrogens with one attached hydrogen (secondary N) is 1. The number of carbonyl (C=O) groups excluding carboxylic acids is 2. The number of rotatable bonds is 4. The normalized spacial score (nSPS) is 14.4.